The lowest BCUT2D eigenvalue weighted by Gasteiger charge is -2.20. The summed E-state index contributed by atoms with van der Waals surface area (Å²) < 4.78 is 2.13. The molecule has 5 amide bonds. The summed E-state index contributed by atoms with van der Waals surface area (Å²) in [4.78, 5) is 78.1. The Balaban J connectivity index is 0.906. The van der Waals surface area contributed by atoms with E-state index in [-0.39, 0.29) is 43.2 Å². The predicted molar refractivity (Wildman–Crippen MR) is 246 cm³/mol. The number of phenolic OH excluding ortho intramolecular Hbond substituents is 1. The van der Waals surface area contributed by atoms with Gasteiger partial charge >= 0.3 is 0 Å². The minimum Gasteiger partial charge on any atom is -0.508 e. The van der Waals surface area contributed by atoms with Crippen molar-refractivity contribution in [3.05, 3.63) is 150 Å². The number of fused-ring (bicyclic) bond motifs is 2. The van der Waals surface area contributed by atoms with Crippen LogP contribution in [0.2, 0.25) is 0 Å². The van der Waals surface area contributed by atoms with Crippen LogP contribution in [0.3, 0.4) is 0 Å². The maximum atomic E-state index is 13.9. The van der Waals surface area contributed by atoms with Crippen molar-refractivity contribution in [3.8, 4) is 5.75 Å². The molecule has 3 atom stereocenters. The van der Waals surface area contributed by atoms with Crippen molar-refractivity contribution in [1.82, 2.24) is 31.2 Å². The summed E-state index contributed by atoms with van der Waals surface area (Å²) in [6, 6.07) is 34.1. The van der Waals surface area contributed by atoms with Crippen molar-refractivity contribution in [2.75, 3.05) is 19.6 Å². The third kappa shape index (κ3) is 12.9. The number of nitrogens with two attached hydrogens (primary N) is 1. The minimum absolute atomic E-state index is 0.00977. The van der Waals surface area contributed by atoms with E-state index in [0.29, 0.717) is 24.2 Å². The molecule has 0 bridgehead atoms. The molecule has 8 N–H and O–H groups in total. The number of aryl methyl sites for hydroxylation is 1. The fourth-order valence-electron chi connectivity index (χ4n) is 7.49. The van der Waals surface area contributed by atoms with Gasteiger partial charge in [-0.2, -0.15) is 0 Å². The van der Waals surface area contributed by atoms with Gasteiger partial charge in [-0.05, 0) is 72.7 Å². The summed E-state index contributed by atoms with van der Waals surface area (Å²) in [7, 11) is 0. The SMILES string of the molecule is C[C@@H](NC(=O)[C@@H](N)Cc1ccc(O)cc1)C(=O)NCC(=O)N[C@@H](Cc1ccccc1)C(=O)NCCC(=O)NCCCCCn1cc(C(=O)c2cccc3ccccc23)c2ccccc21. The molecule has 332 valence electrons. The van der Waals surface area contributed by atoms with E-state index in [1.54, 1.807) is 12.1 Å². The van der Waals surface area contributed by atoms with Crippen molar-refractivity contribution < 1.29 is 33.9 Å². The number of hydrogen-bond acceptors (Lipinski definition) is 8. The quantitative estimate of drug-likeness (QED) is 0.0382. The number of amides is 5. The number of hydrogen-bond donors (Lipinski definition) is 7. The van der Waals surface area contributed by atoms with Gasteiger partial charge in [0.15, 0.2) is 5.78 Å². The van der Waals surface area contributed by atoms with E-state index in [2.05, 4.69) is 31.2 Å². The molecule has 0 saturated carbocycles. The lowest BCUT2D eigenvalue weighted by atomic mass is 9.97. The molecule has 0 unspecified atom stereocenters. The fraction of sp³-hybridized carbons (Fsp3) is 0.280. The Hall–Kier alpha value is -7.32. The smallest absolute Gasteiger partial charge is 0.242 e. The van der Waals surface area contributed by atoms with Gasteiger partial charge in [-0.3, -0.25) is 28.8 Å². The van der Waals surface area contributed by atoms with Crippen LogP contribution in [0.1, 0.15) is 59.7 Å². The van der Waals surface area contributed by atoms with Gasteiger partial charge in [0.25, 0.3) is 0 Å². The first-order chi connectivity index (χ1) is 31.0. The second-order valence-electron chi connectivity index (χ2n) is 15.8. The Kier molecular flexibility index (Phi) is 16.4. The monoisotopic (exact) mass is 865 g/mol. The fourth-order valence-corrected chi connectivity index (χ4v) is 7.49. The highest BCUT2D eigenvalue weighted by Crippen LogP contribution is 2.28. The Labute approximate surface area is 372 Å². The second-order valence-corrected chi connectivity index (χ2v) is 15.8. The summed E-state index contributed by atoms with van der Waals surface area (Å²) >= 11 is 0. The predicted octanol–water partition coefficient (Wildman–Crippen LogP) is 4.44. The molecule has 6 rings (SSSR count). The first-order valence-corrected chi connectivity index (χ1v) is 21.6. The summed E-state index contributed by atoms with van der Waals surface area (Å²) in [5.74, 6) is -2.43. The van der Waals surface area contributed by atoms with Crippen LogP contribution in [0.15, 0.2) is 128 Å². The average molecular weight is 866 g/mol. The summed E-state index contributed by atoms with van der Waals surface area (Å²) in [5, 5.41) is 25.7. The molecule has 0 fully saturated rings. The number of aromatic nitrogens is 1. The number of nitrogens with one attached hydrogen (secondary N) is 5. The Morgan fingerprint density at radius 3 is 2.08 bits per heavy atom. The number of carbonyl (C=O) groups is 6. The second kappa shape index (κ2) is 22.7. The maximum Gasteiger partial charge on any atom is 0.242 e. The van der Waals surface area contributed by atoms with Crippen molar-refractivity contribution in [2.24, 2.45) is 5.73 Å². The van der Waals surface area contributed by atoms with Crippen molar-refractivity contribution >= 4 is 57.0 Å². The minimum atomic E-state index is -1.000. The number of aromatic hydroxyl groups is 1. The van der Waals surface area contributed by atoms with E-state index < -0.39 is 48.3 Å². The van der Waals surface area contributed by atoms with E-state index >= 15 is 0 Å². The molecule has 5 aromatic carbocycles. The molecule has 6 aromatic rings. The third-order valence-electron chi connectivity index (χ3n) is 11.0. The standard InChI is InChI=1S/C50H55N7O7/c1-33(55-49(63)42(51)29-35-21-23-37(58)24-22-35)48(62)54-31-46(60)56-43(30-34-13-4-2-5-14-34)50(64)53-27-25-45(59)52-26-10-3-11-28-57-32-41(39-18-8-9-20-44(39)57)47(61)40-19-12-16-36-15-6-7-17-38(36)40/h2,4-9,12-24,32-33,42-43,58H,3,10-11,25-31,51H2,1H3,(H,52,59)(H,53,64)(H,54,62)(H,55,63)(H,56,60)/t33-,42+,43+/m1/s1. The number of carbonyl (C=O) groups excluding carboxylic acids is 6. The van der Waals surface area contributed by atoms with E-state index in [9.17, 15) is 33.9 Å². The normalized spacial score (nSPS) is 12.5. The van der Waals surface area contributed by atoms with Crippen LogP contribution in [-0.2, 0) is 43.4 Å². The highest BCUT2D eigenvalue weighted by molar-refractivity contribution is 6.21. The molecule has 14 nitrogen and oxygen atoms in total. The van der Waals surface area contributed by atoms with Crippen molar-refractivity contribution in [2.45, 2.75) is 70.1 Å². The summed E-state index contributed by atoms with van der Waals surface area (Å²) in [6.07, 6.45) is 4.79. The van der Waals surface area contributed by atoms with Gasteiger partial charge in [0.2, 0.25) is 29.5 Å². The van der Waals surface area contributed by atoms with E-state index in [1.165, 1.54) is 19.1 Å². The zero-order valence-electron chi connectivity index (χ0n) is 35.8. The van der Waals surface area contributed by atoms with Gasteiger partial charge in [0, 0.05) is 60.7 Å². The van der Waals surface area contributed by atoms with Crippen LogP contribution >= 0.6 is 0 Å². The molecular weight excluding hydrogens is 811 g/mol. The Morgan fingerprint density at radius 2 is 1.30 bits per heavy atom. The van der Waals surface area contributed by atoms with Crippen molar-refractivity contribution in [1.29, 1.82) is 0 Å². The van der Waals surface area contributed by atoms with Crippen LogP contribution in [0, 0.1) is 0 Å². The zero-order chi connectivity index (χ0) is 45.4. The summed E-state index contributed by atoms with van der Waals surface area (Å²) in [6.45, 7) is 2.24. The molecule has 0 saturated heterocycles. The zero-order valence-corrected chi connectivity index (χ0v) is 35.8. The van der Waals surface area contributed by atoms with Crippen LogP contribution < -0.4 is 32.3 Å². The largest absolute Gasteiger partial charge is 0.508 e. The van der Waals surface area contributed by atoms with Crippen LogP contribution in [0.25, 0.3) is 21.7 Å². The number of para-hydroxylation sites is 1. The molecule has 0 aliphatic carbocycles. The van der Waals surface area contributed by atoms with E-state index in [0.717, 1.165) is 52.1 Å². The molecule has 0 aliphatic heterocycles. The van der Waals surface area contributed by atoms with Gasteiger partial charge in [0.1, 0.15) is 17.8 Å². The molecule has 64 heavy (non-hydrogen) atoms. The Bertz CT molecular complexity index is 2570. The van der Waals surface area contributed by atoms with E-state index in [4.69, 9.17) is 5.73 Å². The number of nitrogens with zero attached hydrogens (tertiary/aromatic N) is 1. The lowest BCUT2D eigenvalue weighted by Crippen LogP contribution is -2.54. The Morgan fingerprint density at radius 1 is 0.609 bits per heavy atom. The average Bonchev–Trinajstić information content (AvgIpc) is 3.68. The lowest BCUT2D eigenvalue weighted by molar-refractivity contribution is -0.131. The summed E-state index contributed by atoms with van der Waals surface area (Å²) in [5.41, 5.74) is 9.89. The maximum absolute atomic E-state index is 13.9. The molecule has 0 aliphatic rings. The topological polar surface area (TPSA) is 214 Å². The number of ketones is 1. The molecule has 0 spiro atoms. The molecule has 14 heteroatoms. The first kappa shape index (κ1) is 46.2. The third-order valence-corrected chi connectivity index (χ3v) is 11.0. The van der Waals surface area contributed by atoms with Gasteiger partial charge in [-0.1, -0.05) is 103 Å². The van der Waals surface area contributed by atoms with Crippen LogP contribution in [0.5, 0.6) is 5.75 Å². The van der Waals surface area contributed by atoms with E-state index in [1.807, 2.05) is 103 Å². The highest BCUT2D eigenvalue weighted by atomic mass is 16.3. The highest BCUT2D eigenvalue weighted by Gasteiger charge is 2.24. The molecule has 1 heterocycles. The van der Waals surface area contributed by atoms with Crippen molar-refractivity contribution in [3.63, 3.8) is 0 Å². The molecule has 1 aromatic heterocycles. The number of phenols is 1. The van der Waals surface area contributed by atoms with Gasteiger partial charge in [-0.15, -0.1) is 0 Å². The van der Waals surface area contributed by atoms with Gasteiger partial charge in [0.05, 0.1) is 12.6 Å². The first-order valence-electron chi connectivity index (χ1n) is 21.6. The van der Waals surface area contributed by atoms with Crippen LogP contribution in [0.4, 0.5) is 0 Å². The molecular formula is C50H55N7O7. The number of benzene rings is 5. The number of unbranched alkanes of at least 4 members (excludes halogenated alkanes) is 2. The van der Waals surface area contributed by atoms with Gasteiger partial charge < -0.3 is 42.0 Å². The van der Waals surface area contributed by atoms with Gasteiger partial charge in [-0.25, -0.2) is 0 Å². The van der Waals surface area contributed by atoms with Crippen LogP contribution in [-0.4, -0.2) is 82.8 Å². The number of rotatable bonds is 22. The molecule has 0 radical (unpaired) electrons.